The van der Waals surface area contributed by atoms with Crippen LogP contribution in [0.4, 0.5) is 0 Å². The van der Waals surface area contributed by atoms with Gasteiger partial charge < -0.3 is 9.73 Å². The summed E-state index contributed by atoms with van der Waals surface area (Å²) in [6.45, 7) is 7.97. The van der Waals surface area contributed by atoms with Gasteiger partial charge in [0.05, 0.1) is 12.5 Å². The number of hydrogen-bond donors (Lipinski definition) is 1. The summed E-state index contributed by atoms with van der Waals surface area (Å²) < 4.78 is 5.26. The van der Waals surface area contributed by atoms with Gasteiger partial charge in [0, 0.05) is 33.1 Å². The lowest BCUT2D eigenvalue weighted by Crippen LogP contribution is -2.37. The molecule has 2 rings (SSSR count). The van der Waals surface area contributed by atoms with Gasteiger partial charge in [-0.15, -0.1) is 0 Å². The van der Waals surface area contributed by atoms with Crippen LogP contribution in [0.2, 0.25) is 0 Å². The lowest BCUT2D eigenvalue weighted by Gasteiger charge is -2.36. The number of furan rings is 1. The third-order valence-corrected chi connectivity index (χ3v) is 6.96. The molecule has 0 saturated carbocycles. The fourth-order valence-electron chi connectivity index (χ4n) is 2.20. The fourth-order valence-corrected chi connectivity index (χ4v) is 5.32. The first kappa shape index (κ1) is 14.4. The molecule has 1 saturated heterocycles. The molecule has 102 valence electrons. The van der Waals surface area contributed by atoms with Crippen LogP contribution in [-0.4, -0.2) is 28.0 Å². The predicted octanol–water partition coefficient (Wildman–Crippen LogP) is 3.95. The maximum absolute atomic E-state index is 5.26. The second-order valence-electron chi connectivity index (χ2n) is 4.91. The van der Waals surface area contributed by atoms with Crippen molar-refractivity contribution in [2.45, 2.75) is 49.0 Å². The van der Waals surface area contributed by atoms with Crippen molar-refractivity contribution in [3.05, 3.63) is 24.2 Å². The number of rotatable bonds is 5. The standard InChI is InChI=1S/C14H23NOS2/c1-4-6-15-14(12-5-7-16-8-12)13-9-17-10(2)11(3)18-13/h5,7-8,10-11,13-15H,4,6,9H2,1-3H3. The summed E-state index contributed by atoms with van der Waals surface area (Å²) in [7, 11) is 0. The number of thioether (sulfide) groups is 2. The van der Waals surface area contributed by atoms with Crippen LogP contribution in [0.3, 0.4) is 0 Å². The van der Waals surface area contributed by atoms with E-state index in [1.807, 2.05) is 6.26 Å². The van der Waals surface area contributed by atoms with E-state index in [9.17, 15) is 0 Å². The second-order valence-corrected chi connectivity index (χ2v) is 7.94. The van der Waals surface area contributed by atoms with Crippen molar-refractivity contribution in [3.63, 3.8) is 0 Å². The van der Waals surface area contributed by atoms with Crippen molar-refractivity contribution in [1.29, 1.82) is 0 Å². The average molecular weight is 285 g/mol. The van der Waals surface area contributed by atoms with E-state index in [-0.39, 0.29) is 0 Å². The minimum atomic E-state index is 0.427. The van der Waals surface area contributed by atoms with Crippen molar-refractivity contribution in [1.82, 2.24) is 5.32 Å². The van der Waals surface area contributed by atoms with E-state index in [2.05, 4.69) is 55.7 Å². The molecule has 1 fully saturated rings. The van der Waals surface area contributed by atoms with Gasteiger partial charge in [-0.3, -0.25) is 0 Å². The molecule has 1 aromatic rings. The Kier molecular flexibility index (Phi) is 5.52. The maximum atomic E-state index is 5.26. The molecule has 0 aliphatic carbocycles. The van der Waals surface area contributed by atoms with E-state index >= 15 is 0 Å². The van der Waals surface area contributed by atoms with Crippen molar-refractivity contribution in [2.24, 2.45) is 0 Å². The zero-order chi connectivity index (χ0) is 13.0. The number of hydrogen-bond acceptors (Lipinski definition) is 4. The summed E-state index contributed by atoms with van der Waals surface area (Å²) in [5.74, 6) is 1.22. The van der Waals surface area contributed by atoms with Crippen LogP contribution in [0, 0.1) is 0 Å². The minimum absolute atomic E-state index is 0.427. The van der Waals surface area contributed by atoms with Crippen LogP contribution in [0.5, 0.6) is 0 Å². The summed E-state index contributed by atoms with van der Waals surface area (Å²) >= 11 is 4.23. The maximum Gasteiger partial charge on any atom is 0.0950 e. The first-order valence-electron chi connectivity index (χ1n) is 6.75. The van der Waals surface area contributed by atoms with Gasteiger partial charge in [-0.05, 0) is 19.0 Å². The van der Waals surface area contributed by atoms with Crippen LogP contribution < -0.4 is 5.32 Å². The summed E-state index contributed by atoms with van der Waals surface area (Å²) in [4.78, 5) is 0. The average Bonchev–Trinajstić information content (AvgIpc) is 2.88. The molecule has 2 nitrogen and oxygen atoms in total. The van der Waals surface area contributed by atoms with E-state index in [0.717, 1.165) is 17.0 Å². The highest BCUT2D eigenvalue weighted by atomic mass is 32.2. The van der Waals surface area contributed by atoms with Crippen LogP contribution in [0.1, 0.15) is 38.8 Å². The molecule has 1 aliphatic rings. The molecule has 0 radical (unpaired) electrons. The Bertz CT molecular complexity index is 342. The smallest absolute Gasteiger partial charge is 0.0950 e. The zero-order valence-electron chi connectivity index (χ0n) is 11.4. The lowest BCUT2D eigenvalue weighted by molar-refractivity contribution is 0.511. The van der Waals surface area contributed by atoms with Crippen molar-refractivity contribution in [3.8, 4) is 0 Å². The lowest BCUT2D eigenvalue weighted by atomic mass is 10.1. The van der Waals surface area contributed by atoms with E-state index in [1.165, 1.54) is 17.7 Å². The normalized spacial score (nSPS) is 30.3. The van der Waals surface area contributed by atoms with Gasteiger partial charge in [-0.25, -0.2) is 0 Å². The third-order valence-electron chi connectivity index (χ3n) is 3.46. The second kappa shape index (κ2) is 6.92. The van der Waals surface area contributed by atoms with Gasteiger partial charge in [0.25, 0.3) is 0 Å². The molecule has 1 N–H and O–H groups in total. The Morgan fingerprint density at radius 1 is 1.44 bits per heavy atom. The first-order valence-corrected chi connectivity index (χ1v) is 8.74. The first-order chi connectivity index (χ1) is 8.72. The van der Waals surface area contributed by atoms with Crippen LogP contribution in [0.25, 0.3) is 0 Å². The topological polar surface area (TPSA) is 25.2 Å². The molecule has 4 heteroatoms. The van der Waals surface area contributed by atoms with Gasteiger partial charge >= 0.3 is 0 Å². The molecule has 0 spiro atoms. The predicted molar refractivity (Wildman–Crippen MR) is 82.5 cm³/mol. The van der Waals surface area contributed by atoms with Gasteiger partial charge in [0.2, 0.25) is 0 Å². The Morgan fingerprint density at radius 2 is 2.28 bits per heavy atom. The van der Waals surface area contributed by atoms with Gasteiger partial charge in [0.15, 0.2) is 0 Å². The molecule has 4 atom stereocenters. The molecule has 18 heavy (non-hydrogen) atoms. The molecule has 0 aromatic carbocycles. The highest BCUT2D eigenvalue weighted by Crippen LogP contribution is 2.41. The van der Waals surface area contributed by atoms with Crippen LogP contribution in [0.15, 0.2) is 23.0 Å². The monoisotopic (exact) mass is 285 g/mol. The molecule has 0 bridgehead atoms. The van der Waals surface area contributed by atoms with E-state index in [1.54, 1.807) is 6.26 Å². The molecule has 1 aromatic heterocycles. The minimum Gasteiger partial charge on any atom is -0.472 e. The highest BCUT2D eigenvalue weighted by molar-refractivity contribution is 8.07. The largest absolute Gasteiger partial charge is 0.472 e. The Balaban J connectivity index is 2.04. The third kappa shape index (κ3) is 3.49. The van der Waals surface area contributed by atoms with E-state index < -0.39 is 0 Å². The Hall–Kier alpha value is -0.0600. The van der Waals surface area contributed by atoms with Gasteiger partial charge in [-0.1, -0.05) is 20.8 Å². The van der Waals surface area contributed by atoms with E-state index in [4.69, 9.17) is 4.42 Å². The molecular weight excluding hydrogens is 262 g/mol. The summed E-state index contributed by atoms with van der Waals surface area (Å²) in [5.41, 5.74) is 1.29. The van der Waals surface area contributed by atoms with Crippen molar-refractivity contribution in [2.75, 3.05) is 12.3 Å². The fraction of sp³-hybridized carbons (Fsp3) is 0.714. The summed E-state index contributed by atoms with van der Waals surface area (Å²) in [6.07, 6.45) is 4.84. The Labute approximate surface area is 119 Å². The Morgan fingerprint density at radius 3 is 2.89 bits per heavy atom. The van der Waals surface area contributed by atoms with Crippen molar-refractivity contribution < 1.29 is 4.42 Å². The molecule has 4 unspecified atom stereocenters. The zero-order valence-corrected chi connectivity index (χ0v) is 13.0. The molecule has 2 heterocycles. The summed E-state index contributed by atoms with van der Waals surface area (Å²) in [6, 6.07) is 2.53. The summed E-state index contributed by atoms with van der Waals surface area (Å²) in [5, 5.41) is 5.82. The van der Waals surface area contributed by atoms with Crippen LogP contribution >= 0.6 is 23.5 Å². The van der Waals surface area contributed by atoms with E-state index in [0.29, 0.717) is 11.3 Å². The highest BCUT2D eigenvalue weighted by Gasteiger charge is 2.32. The number of nitrogens with one attached hydrogen (secondary N) is 1. The van der Waals surface area contributed by atoms with Gasteiger partial charge in [0.1, 0.15) is 0 Å². The van der Waals surface area contributed by atoms with Gasteiger partial charge in [-0.2, -0.15) is 23.5 Å². The SMILES string of the molecule is CCCNC(c1ccoc1)C1CSC(C)C(C)S1. The quantitative estimate of drug-likeness (QED) is 0.885. The van der Waals surface area contributed by atoms with Crippen molar-refractivity contribution >= 4 is 23.5 Å². The molecular formula is C14H23NOS2. The van der Waals surface area contributed by atoms with Crippen LogP contribution in [-0.2, 0) is 0 Å². The molecule has 0 amide bonds. The molecule has 1 aliphatic heterocycles.